The van der Waals surface area contributed by atoms with Crippen LogP contribution in [0.2, 0.25) is 0 Å². The van der Waals surface area contributed by atoms with Crippen LogP contribution in [0.3, 0.4) is 0 Å². The number of hydrogen-bond acceptors (Lipinski definition) is 11. The van der Waals surface area contributed by atoms with Crippen molar-refractivity contribution in [3.05, 3.63) is 24.2 Å². The van der Waals surface area contributed by atoms with E-state index in [-0.39, 0.29) is 13.2 Å². The Kier molecular flexibility index (Phi) is 6.40. The van der Waals surface area contributed by atoms with Crippen LogP contribution in [-0.4, -0.2) is 70.8 Å². The summed E-state index contributed by atoms with van der Waals surface area (Å²) in [6.07, 6.45) is -0.960. The second-order valence-corrected chi connectivity index (χ2v) is 8.26. The molecule has 2 unspecified atom stereocenters. The molecule has 2 aromatic rings. The fourth-order valence-electron chi connectivity index (χ4n) is 4.03. The van der Waals surface area contributed by atoms with Crippen LogP contribution in [0.25, 0.3) is 5.52 Å². The van der Waals surface area contributed by atoms with E-state index in [1.807, 2.05) is 6.92 Å². The number of carbonyl (C=O) groups excluding carboxylic acids is 1. The van der Waals surface area contributed by atoms with Crippen LogP contribution >= 0.6 is 0 Å². The molecule has 0 bridgehead atoms. The zero-order chi connectivity index (χ0) is 23.6. The van der Waals surface area contributed by atoms with Gasteiger partial charge in [0.1, 0.15) is 49.4 Å². The average molecular weight is 461 g/mol. The minimum absolute atomic E-state index is 0.0395. The Hall–Kier alpha value is -2.98. The quantitative estimate of drug-likeness (QED) is 0.452. The minimum atomic E-state index is -1.62. The van der Waals surface area contributed by atoms with Crippen molar-refractivity contribution in [2.45, 2.75) is 56.9 Å². The summed E-state index contributed by atoms with van der Waals surface area (Å²) >= 11 is 0. The molecule has 2 aliphatic rings. The van der Waals surface area contributed by atoms with Crippen LogP contribution in [0.5, 0.6) is 0 Å². The van der Waals surface area contributed by atoms with Gasteiger partial charge in [-0.3, -0.25) is 0 Å². The molecule has 12 nitrogen and oxygen atoms in total. The minimum Gasteiger partial charge on any atom is -0.432 e. The monoisotopic (exact) mass is 461 g/mol. The predicted molar refractivity (Wildman–Crippen MR) is 112 cm³/mol. The van der Waals surface area contributed by atoms with Crippen LogP contribution in [0.1, 0.15) is 39.0 Å². The predicted octanol–water partition coefficient (Wildman–Crippen LogP) is 1.75. The standard InChI is InChI=1S/C21H27N5O7/c1-4-7-28-8-9-29-19(27)30-11-21(10-22)17-16(31-20(2,3)33-17)15(32-21)13-5-6-14-18(23)24-12-25-26(13)14/h5-6,12,15-17H,4,7-9,11H2,1-3H3,(H2,23,24,25)/t15-,16?,17?,21+/m0/s1. The summed E-state index contributed by atoms with van der Waals surface area (Å²) in [5, 5.41) is 14.3. The summed E-state index contributed by atoms with van der Waals surface area (Å²) in [5.74, 6) is -0.673. The first-order chi connectivity index (χ1) is 15.8. The number of nitriles is 1. The first-order valence-electron chi connectivity index (χ1n) is 10.7. The summed E-state index contributed by atoms with van der Waals surface area (Å²) in [6, 6.07) is 5.65. The number of nitrogens with two attached hydrogens (primary N) is 1. The van der Waals surface area contributed by atoms with Gasteiger partial charge in [-0.05, 0) is 32.4 Å². The van der Waals surface area contributed by atoms with Crippen molar-refractivity contribution in [3.63, 3.8) is 0 Å². The maximum atomic E-state index is 12.1. The van der Waals surface area contributed by atoms with E-state index < -0.39 is 42.5 Å². The van der Waals surface area contributed by atoms with Crippen molar-refractivity contribution >= 4 is 17.5 Å². The summed E-state index contributed by atoms with van der Waals surface area (Å²) in [4.78, 5) is 16.0. The Morgan fingerprint density at radius 1 is 1.24 bits per heavy atom. The van der Waals surface area contributed by atoms with Gasteiger partial charge in [-0.1, -0.05) is 6.92 Å². The normalized spacial score (nSPS) is 27.9. The van der Waals surface area contributed by atoms with E-state index in [9.17, 15) is 10.1 Å². The third-order valence-corrected chi connectivity index (χ3v) is 5.42. The Bertz CT molecular complexity index is 1050. The molecule has 4 atom stereocenters. The average Bonchev–Trinajstić information content (AvgIpc) is 3.43. The van der Waals surface area contributed by atoms with Crippen molar-refractivity contribution < 1.29 is 33.2 Å². The Labute approximate surface area is 190 Å². The summed E-state index contributed by atoms with van der Waals surface area (Å²) in [6.45, 7) is 5.93. The van der Waals surface area contributed by atoms with Gasteiger partial charge >= 0.3 is 6.16 Å². The molecular weight excluding hydrogens is 434 g/mol. The van der Waals surface area contributed by atoms with Gasteiger partial charge in [-0.15, -0.1) is 0 Å². The van der Waals surface area contributed by atoms with Gasteiger partial charge in [-0.2, -0.15) is 10.4 Å². The largest absolute Gasteiger partial charge is 0.508 e. The molecule has 2 saturated heterocycles. The molecule has 2 aromatic heterocycles. The molecule has 0 spiro atoms. The number of anilines is 1. The third-order valence-electron chi connectivity index (χ3n) is 5.42. The molecule has 0 aromatic carbocycles. The van der Waals surface area contributed by atoms with Crippen molar-refractivity contribution in [1.29, 1.82) is 5.26 Å². The number of nitrogen functional groups attached to an aromatic ring is 1. The summed E-state index contributed by atoms with van der Waals surface area (Å²) in [7, 11) is 0. The van der Waals surface area contributed by atoms with Crippen LogP contribution in [0.4, 0.5) is 10.6 Å². The topological polar surface area (TPSA) is 152 Å². The van der Waals surface area contributed by atoms with Gasteiger partial charge in [0.15, 0.2) is 11.6 Å². The molecular formula is C21H27N5O7. The van der Waals surface area contributed by atoms with E-state index >= 15 is 0 Å². The van der Waals surface area contributed by atoms with Gasteiger partial charge in [0.25, 0.3) is 0 Å². The molecule has 0 amide bonds. The smallest absolute Gasteiger partial charge is 0.432 e. The lowest BCUT2D eigenvalue weighted by atomic mass is 9.96. The van der Waals surface area contributed by atoms with Crippen LogP contribution in [0.15, 0.2) is 18.5 Å². The first kappa shape index (κ1) is 23.2. The van der Waals surface area contributed by atoms with Gasteiger partial charge in [0.05, 0.1) is 12.3 Å². The molecule has 2 fully saturated rings. The highest BCUT2D eigenvalue weighted by Gasteiger charge is 2.65. The highest BCUT2D eigenvalue weighted by molar-refractivity contribution is 5.65. The zero-order valence-electron chi connectivity index (χ0n) is 18.7. The number of ether oxygens (including phenoxy) is 6. The lowest BCUT2D eigenvalue weighted by Gasteiger charge is -2.28. The van der Waals surface area contributed by atoms with Crippen LogP contribution in [0, 0.1) is 11.3 Å². The molecule has 2 N–H and O–H groups in total. The second-order valence-electron chi connectivity index (χ2n) is 8.26. The van der Waals surface area contributed by atoms with E-state index in [1.165, 1.54) is 6.33 Å². The summed E-state index contributed by atoms with van der Waals surface area (Å²) in [5.41, 5.74) is 5.51. The number of aromatic nitrogens is 3. The number of rotatable bonds is 8. The fourth-order valence-corrected chi connectivity index (χ4v) is 4.03. The second kappa shape index (κ2) is 9.11. The Morgan fingerprint density at radius 3 is 2.82 bits per heavy atom. The molecule has 12 heteroatoms. The molecule has 0 aliphatic carbocycles. The fraction of sp³-hybridized carbons (Fsp3) is 0.619. The van der Waals surface area contributed by atoms with Gasteiger partial charge < -0.3 is 34.2 Å². The molecule has 2 aliphatic heterocycles. The van der Waals surface area contributed by atoms with E-state index in [0.717, 1.165) is 6.42 Å². The molecule has 4 rings (SSSR count). The number of nitrogens with zero attached hydrogens (tertiary/aromatic N) is 4. The van der Waals surface area contributed by atoms with Gasteiger partial charge in [0.2, 0.25) is 5.60 Å². The maximum Gasteiger partial charge on any atom is 0.508 e. The van der Waals surface area contributed by atoms with Crippen molar-refractivity contribution in [1.82, 2.24) is 14.6 Å². The molecule has 0 radical (unpaired) electrons. The highest BCUT2D eigenvalue weighted by atomic mass is 16.8. The number of carbonyl (C=O) groups is 1. The van der Waals surface area contributed by atoms with E-state index in [4.69, 9.17) is 34.2 Å². The zero-order valence-corrected chi connectivity index (χ0v) is 18.7. The molecule has 33 heavy (non-hydrogen) atoms. The Morgan fingerprint density at radius 2 is 2.06 bits per heavy atom. The van der Waals surface area contributed by atoms with E-state index in [2.05, 4.69) is 16.2 Å². The third kappa shape index (κ3) is 4.45. The van der Waals surface area contributed by atoms with E-state index in [0.29, 0.717) is 23.6 Å². The molecule has 178 valence electrons. The van der Waals surface area contributed by atoms with Crippen molar-refractivity contribution in [2.24, 2.45) is 0 Å². The lowest BCUT2D eigenvalue weighted by molar-refractivity contribution is -0.205. The van der Waals surface area contributed by atoms with Crippen LogP contribution < -0.4 is 5.73 Å². The highest BCUT2D eigenvalue weighted by Crippen LogP contribution is 2.50. The SMILES string of the molecule is CCCOCCOC(=O)OC[C@@]1(C#N)O[C@@H](c2ccc3c(N)ncnn23)C2OC(C)(C)OC21. The lowest BCUT2D eigenvalue weighted by Crippen LogP contribution is -2.46. The van der Waals surface area contributed by atoms with Gasteiger partial charge in [-0.25, -0.2) is 14.3 Å². The number of fused-ring (bicyclic) bond motifs is 2. The van der Waals surface area contributed by atoms with Crippen LogP contribution in [-0.2, 0) is 28.4 Å². The Balaban J connectivity index is 1.53. The molecule has 4 heterocycles. The van der Waals surface area contributed by atoms with Gasteiger partial charge in [0, 0.05) is 6.61 Å². The maximum absolute atomic E-state index is 12.1. The van der Waals surface area contributed by atoms with Crippen molar-refractivity contribution in [2.75, 3.05) is 32.2 Å². The molecule has 0 saturated carbocycles. The number of hydrogen-bond donors (Lipinski definition) is 1. The van der Waals surface area contributed by atoms with Crippen molar-refractivity contribution in [3.8, 4) is 6.07 Å². The summed E-state index contributed by atoms with van der Waals surface area (Å²) < 4.78 is 35.3. The van der Waals surface area contributed by atoms with E-state index in [1.54, 1.807) is 30.5 Å². The first-order valence-corrected chi connectivity index (χ1v) is 10.7.